The minimum Gasteiger partial charge on any atom is -0.444 e. The van der Waals surface area contributed by atoms with Gasteiger partial charge in [-0.3, -0.25) is 24.0 Å². The third kappa shape index (κ3) is 7.67. The SMILES string of the molecule is C=C[C@@H]1C[C@]1(NC(=O)[C@@H]1C[C@@H]2CN1C(=O)[C@H](C1CCCC1)NC(=O)N(C)CCCCC=Cc1cccc3c1CN(C3)C(=O)O2)C(=O)NS(=O)(=O)C1CC1. The molecule has 15 heteroatoms. The number of benzene rings is 1. The molecule has 0 spiro atoms. The van der Waals surface area contributed by atoms with Gasteiger partial charge < -0.3 is 25.2 Å². The van der Waals surface area contributed by atoms with E-state index < -0.39 is 68.7 Å². The lowest BCUT2D eigenvalue weighted by Gasteiger charge is -2.33. The Labute approximate surface area is 310 Å². The summed E-state index contributed by atoms with van der Waals surface area (Å²) in [4.78, 5) is 74.1. The Balaban J connectivity index is 1.17. The van der Waals surface area contributed by atoms with Crippen LogP contribution < -0.4 is 15.4 Å². The summed E-state index contributed by atoms with van der Waals surface area (Å²) >= 11 is 0. The van der Waals surface area contributed by atoms with E-state index in [1.54, 1.807) is 16.8 Å². The molecule has 4 fully saturated rings. The molecule has 1 aromatic carbocycles. The zero-order valence-electron chi connectivity index (χ0n) is 30.3. The van der Waals surface area contributed by atoms with Crippen LogP contribution in [0.2, 0.25) is 0 Å². The number of nitrogens with zero attached hydrogens (tertiary/aromatic N) is 3. The second-order valence-corrected chi connectivity index (χ2v) is 17.5. The quantitative estimate of drug-likeness (QED) is 0.357. The maximum atomic E-state index is 14.6. The van der Waals surface area contributed by atoms with Crippen molar-refractivity contribution in [3.05, 3.63) is 53.6 Å². The van der Waals surface area contributed by atoms with Crippen LogP contribution in [0.25, 0.3) is 6.08 Å². The van der Waals surface area contributed by atoms with Gasteiger partial charge in [0.05, 0.1) is 18.3 Å². The molecule has 5 atom stereocenters. The van der Waals surface area contributed by atoms with Crippen molar-refractivity contribution in [3.63, 3.8) is 0 Å². The smallest absolute Gasteiger partial charge is 0.410 e. The number of hydrogen-bond acceptors (Lipinski definition) is 8. The Morgan fingerprint density at radius 1 is 1.06 bits per heavy atom. The van der Waals surface area contributed by atoms with E-state index in [9.17, 15) is 32.4 Å². The molecule has 0 aromatic heterocycles. The highest BCUT2D eigenvalue weighted by molar-refractivity contribution is 7.91. The number of carbonyl (C=O) groups is 5. The van der Waals surface area contributed by atoms with Gasteiger partial charge >= 0.3 is 12.1 Å². The number of ether oxygens (including phenoxy) is 1. The Hall–Kier alpha value is -4.40. The van der Waals surface area contributed by atoms with Gasteiger partial charge in [0.25, 0.3) is 5.91 Å². The Morgan fingerprint density at radius 3 is 2.55 bits per heavy atom. The summed E-state index contributed by atoms with van der Waals surface area (Å²) in [5.41, 5.74) is 1.54. The first kappa shape index (κ1) is 36.9. The second kappa shape index (κ2) is 14.8. The van der Waals surface area contributed by atoms with E-state index >= 15 is 0 Å². The number of carbonyl (C=O) groups excluding carboxylic acids is 5. The first-order valence-corrected chi connectivity index (χ1v) is 20.5. The molecule has 0 radical (unpaired) electrons. The summed E-state index contributed by atoms with van der Waals surface area (Å²) in [7, 11) is -2.19. The maximum absolute atomic E-state index is 14.6. The molecular formula is C38H50N6O8S. The van der Waals surface area contributed by atoms with E-state index in [1.807, 2.05) is 18.2 Å². The summed E-state index contributed by atoms with van der Waals surface area (Å²) in [6, 6.07) is 3.52. The summed E-state index contributed by atoms with van der Waals surface area (Å²) in [6.07, 6.45) is 11.0. The number of hydrogen-bond donors (Lipinski definition) is 3. The van der Waals surface area contributed by atoms with Crippen LogP contribution in [-0.2, 0) is 42.2 Å². The van der Waals surface area contributed by atoms with Crippen LogP contribution >= 0.6 is 0 Å². The first-order valence-electron chi connectivity index (χ1n) is 19.0. The molecule has 6 aliphatic rings. The first-order chi connectivity index (χ1) is 25.4. The topological polar surface area (TPSA) is 175 Å². The van der Waals surface area contributed by atoms with Gasteiger partial charge in [-0.2, -0.15) is 0 Å². The van der Waals surface area contributed by atoms with Crippen LogP contribution in [0.4, 0.5) is 9.59 Å². The molecule has 0 unspecified atom stereocenters. The van der Waals surface area contributed by atoms with Gasteiger partial charge in [0, 0.05) is 32.5 Å². The zero-order chi connectivity index (χ0) is 37.5. The standard InChI is InChI=1S/C38H50N6O8S/c1-3-27-20-38(27,35(47)41-53(50,51)29-16-17-29)40-33(45)31-19-28-22-44(31)34(46)32(25-12-7-8-13-25)39-36(48)42(2)18-9-5-4-6-11-24-14-10-15-26-21-43(23-30(24)26)37(49)52-28/h3,6,10-11,14-15,25,27-29,31-32H,1,4-5,7-9,12-13,16-23H2,2H3,(H,39,48)(H,40,45)(H,41,47)/t27-,28-,31+,32+,38-/m1/s1. The molecule has 1 aromatic rings. The van der Waals surface area contributed by atoms with E-state index in [0.29, 0.717) is 32.5 Å². The monoisotopic (exact) mass is 750 g/mol. The highest BCUT2D eigenvalue weighted by atomic mass is 32.2. The van der Waals surface area contributed by atoms with Crippen LogP contribution in [0.5, 0.6) is 0 Å². The highest BCUT2D eigenvalue weighted by Gasteiger charge is 2.62. The molecule has 3 heterocycles. The van der Waals surface area contributed by atoms with Crippen molar-refractivity contribution in [3.8, 4) is 0 Å². The molecule has 1 saturated heterocycles. The highest BCUT2D eigenvalue weighted by Crippen LogP contribution is 2.45. The van der Waals surface area contributed by atoms with Crippen LogP contribution in [0.15, 0.2) is 36.9 Å². The molecule has 3 N–H and O–H groups in total. The molecule has 53 heavy (non-hydrogen) atoms. The summed E-state index contributed by atoms with van der Waals surface area (Å²) in [6.45, 7) is 4.91. The van der Waals surface area contributed by atoms with Gasteiger partial charge in [-0.15, -0.1) is 6.58 Å². The predicted octanol–water partition coefficient (Wildman–Crippen LogP) is 3.17. The van der Waals surface area contributed by atoms with Crippen molar-refractivity contribution in [2.45, 2.75) is 113 Å². The van der Waals surface area contributed by atoms with Gasteiger partial charge in [0.2, 0.25) is 21.8 Å². The van der Waals surface area contributed by atoms with E-state index in [4.69, 9.17) is 4.74 Å². The van der Waals surface area contributed by atoms with Crippen molar-refractivity contribution in [1.82, 2.24) is 30.1 Å². The fourth-order valence-corrected chi connectivity index (χ4v) is 9.73. The molecule has 4 bridgehead atoms. The van der Waals surface area contributed by atoms with Crippen molar-refractivity contribution >= 4 is 45.9 Å². The largest absolute Gasteiger partial charge is 0.444 e. The molecular weight excluding hydrogens is 701 g/mol. The predicted molar refractivity (Wildman–Crippen MR) is 195 cm³/mol. The van der Waals surface area contributed by atoms with Crippen LogP contribution in [-0.4, -0.2) is 102 Å². The summed E-state index contributed by atoms with van der Waals surface area (Å²) in [5, 5.41) is 5.14. The number of urea groups is 1. The summed E-state index contributed by atoms with van der Waals surface area (Å²) in [5.74, 6) is -2.64. The number of amides is 6. The molecule has 286 valence electrons. The lowest BCUT2D eigenvalue weighted by Crippen LogP contribution is -2.59. The number of sulfonamides is 1. The third-order valence-electron chi connectivity index (χ3n) is 11.8. The van der Waals surface area contributed by atoms with Crippen molar-refractivity contribution < 1.29 is 37.1 Å². The van der Waals surface area contributed by atoms with Crippen molar-refractivity contribution in [2.24, 2.45) is 11.8 Å². The molecule has 3 saturated carbocycles. The van der Waals surface area contributed by atoms with E-state index in [0.717, 1.165) is 61.6 Å². The molecule has 3 aliphatic carbocycles. The Morgan fingerprint density at radius 2 is 1.83 bits per heavy atom. The number of allylic oxidation sites excluding steroid dienone is 1. The molecule has 7 rings (SSSR count). The number of nitrogens with one attached hydrogen (secondary N) is 3. The van der Waals surface area contributed by atoms with Gasteiger partial charge in [0.15, 0.2) is 0 Å². The average molecular weight is 751 g/mol. The zero-order valence-corrected chi connectivity index (χ0v) is 31.1. The lowest BCUT2D eigenvalue weighted by molar-refractivity contribution is -0.142. The number of fused-ring (bicyclic) bond motifs is 3. The van der Waals surface area contributed by atoms with Gasteiger partial charge in [0.1, 0.15) is 23.7 Å². The van der Waals surface area contributed by atoms with Crippen molar-refractivity contribution in [2.75, 3.05) is 20.1 Å². The van der Waals surface area contributed by atoms with Crippen LogP contribution in [0.3, 0.4) is 0 Å². The van der Waals surface area contributed by atoms with E-state index in [-0.39, 0.29) is 31.3 Å². The summed E-state index contributed by atoms with van der Waals surface area (Å²) < 4.78 is 33.6. The van der Waals surface area contributed by atoms with E-state index in [1.165, 1.54) is 11.0 Å². The van der Waals surface area contributed by atoms with Gasteiger partial charge in [-0.25, -0.2) is 18.0 Å². The van der Waals surface area contributed by atoms with E-state index in [2.05, 4.69) is 34.1 Å². The molecule has 14 nitrogen and oxygen atoms in total. The minimum atomic E-state index is -3.90. The Bertz CT molecular complexity index is 1810. The maximum Gasteiger partial charge on any atom is 0.410 e. The molecule has 3 aliphatic heterocycles. The lowest BCUT2D eigenvalue weighted by atomic mass is 9.96. The fourth-order valence-electron chi connectivity index (χ4n) is 8.36. The Kier molecular flexibility index (Phi) is 10.3. The fraction of sp³-hybridized carbons (Fsp3) is 0.605. The van der Waals surface area contributed by atoms with Crippen molar-refractivity contribution in [1.29, 1.82) is 0 Å². The van der Waals surface area contributed by atoms with Gasteiger partial charge in [-0.05, 0) is 74.0 Å². The van der Waals surface area contributed by atoms with Crippen LogP contribution in [0, 0.1) is 11.8 Å². The molecule has 6 amide bonds. The normalized spacial score (nSPS) is 29.8. The van der Waals surface area contributed by atoms with Crippen LogP contribution in [0.1, 0.15) is 87.3 Å². The van der Waals surface area contributed by atoms with Gasteiger partial charge in [-0.1, -0.05) is 49.3 Å². The third-order valence-corrected chi connectivity index (χ3v) is 13.6. The minimum absolute atomic E-state index is 0.0415. The number of rotatable bonds is 7. The second-order valence-electron chi connectivity index (χ2n) is 15.6. The average Bonchev–Trinajstić information content (AvgIpc) is 3.91.